The molecule has 0 bridgehead atoms. The number of rotatable bonds is 2. The molecule has 0 spiro atoms. The Balaban J connectivity index is 1.59. The summed E-state index contributed by atoms with van der Waals surface area (Å²) in [6.07, 6.45) is 0. The van der Waals surface area contributed by atoms with Gasteiger partial charge >= 0.3 is 0 Å². The van der Waals surface area contributed by atoms with Crippen molar-refractivity contribution in [2.75, 3.05) is 14.1 Å². The second kappa shape index (κ2) is 6.07. The fourth-order valence-corrected chi connectivity index (χ4v) is 7.32. The van der Waals surface area contributed by atoms with Crippen molar-refractivity contribution >= 4 is 46.3 Å². The molecule has 4 aliphatic heterocycles. The van der Waals surface area contributed by atoms with Gasteiger partial charge in [-0.05, 0) is 22.9 Å². The zero-order valence-corrected chi connectivity index (χ0v) is 17.8. The molecular formula is C20H18N4O4S2. The van der Waals surface area contributed by atoms with Gasteiger partial charge in [-0.25, -0.2) is 10.0 Å². The minimum Gasteiger partial charge on any atom is -0.284 e. The zero-order chi connectivity index (χ0) is 20.9. The third-order valence-corrected chi connectivity index (χ3v) is 8.72. The molecule has 0 aromatic carbocycles. The molecule has 4 aliphatic rings. The Bertz CT molecular complexity index is 998. The Kier molecular flexibility index (Phi) is 3.72. The van der Waals surface area contributed by atoms with Gasteiger partial charge in [-0.15, -0.1) is 22.7 Å². The molecule has 8 nitrogen and oxygen atoms in total. The van der Waals surface area contributed by atoms with E-state index in [1.807, 2.05) is 45.0 Å². The molecule has 0 radical (unpaired) electrons. The molecule has 0 unspecified atom stereocenters. The normalized spacial score (nSPS) is 36.2. The number of carbonyl (C=O) groups excluding carboxylic acids is 4. The summed E-state index contributed by atoms with van der Waals surface area (Å²) in [7, 11) is 3.03. The van der Waals surface area contributed by atoms with Crippen molar-refractivity contribution in [3.05, 3.63) is 44.8 Å². The molecule has 10 heteroatoms. The van der Waals surface area contributed by atoms with Crippen molar-refractivity contribution in [3.8, 4) is 0 Å². The van der Waals surface area contributed by atoms with E-state index in [2.05, 4.69) is 0 Å². The first-order valence-corrected chi connectivity index (χ1v) is 11.5. The Morgan fingerprint density at radius 1 is 0.633 bits per heavy atom. The highest BCUT2D eigenvalue weighted by Crippen LogP contribution is 2.59. The monoisotopic (exact) mass is 442 g/mol. The molecule has 30 heavy (non-hydrogen) atoms. The molecule has 154 valence electrons. The van der Waals surface area contributed by atoms with E-state index in [-0.39, 0.29) is 23.6 Å². The summed E-state index contributed by atoms with van der Waals surface area (Å²) < 4.78 is 0. The van der Waals surface area contributed by atoms with Gasteiger partial charge in [0.25, 0.3) is 0 Å². The minimum atomic E-state index is -0.710. The number of carbonyl (C=O) groups is 4. The van der Waals surface area contributed by atoms with Crippen LogP contribution in [0.15, 0.2) is 35.0 Å². The van der Waals surface area contributed by atoms with Crippen LogP contribution in [0.4, 0.5) is 0 Å². The standard InChI is InChI=1S/C20H18N4O4S2/c1-21-17(25)11-13(9-5-3-7-29-9)24-16-12(18(26)22(2)20(16)28)14(10-6-4-8-30-10)23(24)15(11)19(21)27/h3-8,11-16H,1-2H3/t11-,12-,13+,14+,15-,16+/m1/s1. The fraction of sp³-hybridized carbons (Fsp3) is 0.400. The van der Waals surface area contributed by atoms with Gasteiger partial charge in [0, 0.05) is 23.8 Å². The predicted octanol–water partition coefficient (Wildman–Crippen LogP) is 1.10. The van der Waals surface area contributed by atoms with Crippen LogP contribution in [0.1, 0.15) is 21.8 Å². The summed E-state index contributed by atoms with van der Waals surface area (Å²) in [5, 5.41) is 7.64. The van der Waals surface area contributed by atoms with Gasteiger partial charge in [0.1, 0.15) is 12.1 Å². The second-order valence-electron chi connectivity index (χ2n) is 8.09. The lowest BCUT2D eigenvalue weighted by Crippen LogP contribution is -2.48. The summed E-state index contributed by atoms with van der Waals surface area (Å²) in [6.45, 7) is 0. The van der Waals surface area contributed by atoms with Gasteiger partial charge < -0.3 is 0 Å². The maximum absolute atomic E-state index is 13.2. The lowest BCUT2D eigenvalue weighted by Gasteiger charge is -2.34. The van der Waals surface area contributed by atoms with Crippen molar-refractivity contribution in [2.24, 2.45) is 11.8 Å². The predicted molar refractivity (Wildman–Crippen MR) is 108 cm³/mol. The number of hydrazine groups is 1. The fourth-order valence-electron chi connectivity index (χ4n) is 5.59. The maximum atomic E-state index is 13.2. The molecule has 4 fully saturated rings. The Morgan fingerprint density at radius 2 is 1.03 bits per heavy atom. The summed E-state index contributed by atoms with van der Waals surface area (Å²) in [4.78, 5) is 56.8. The largest absolute Gasteiger partial charge is 0.284 e. The molecule has 6 atom stereocenters. The van der Waals surface area contributed by atoms with E-state index in [0.29, 0.717) is 0 Å². The van der Waals surface area contributed by atoms with E-state index in [1.54, 1.807) is 0 Å². The minimum absolute atomic E-state index is 0.232. The molecule has 0 saturated carbocycles. The van der Waals surface area contributed by atoms with Crippen LogP contribution < -0.4 is 0 Å². The number of hydrogen-bond donors (Lipinski definition) is 0. The highest BCUT2D eigenvalue weighted by molar-refractivity contribution is 7.10. The van der Waals surface area contributed by atoms with Gasteiger partial charge in [0.05, 0.1) is 23.9 Å². The van der Waals surface area contributed by atoms with Crippen molar-refractivity contribution in [1.29, 1.82) is 0 Å². The Hall–Kier alpha value is -2.40. The van der Waals surface area contributed by atoms with Gasteiger partial charge in [-0.2, -0.15) is 0 Å². The average molecular weight is 443 g/mol. The summed E-state index contributed by atoms with van der Waals surface area (Å²) in [5.41, 5.74) is 0. The average Bonchev–Trinajstić information content (AvgIpc) is 3.54. The first kappa shape index (κ1) is 18.4. The Labute approximate surface area is 180 Å². The lowest BCUT2D eigenvalue weighted by molar-refractivity contribution is -0.151. The van der Waals surface area contributed by atoms with Gasteiger partial charge in [-0.3, -0.25) is 29.0 Å². The van der Waals surface area contributed by atoms with E-state index in [1.165, 1.54) is 46.6 Å². The van der Waals surface area contributed by atoms with Crippen LogP contribution in [0.25, 0.3) is 0 Å². The molecule has 6 rings (SSSR count). The van der Waals surface area contributed by atoms with E-state index in [0.717, 1.165) is 9.75 Å². The number of imide groups is 2. The molecule has 2 aromatic heterocycles. The molecule has 0 N–H and O–H groups in total. The highest BCUT2D eigenvalue weighted by Gasteiger charge is 2.73. The number of hydrogen-bond acceptors (Lipinski definition) is 8. The molecule has 4 amide bonds. The van der Waals surface area contributed by atoms with Crippen LogP contribution in [0.5, 0.6) is 0 Å². The van der Waals surface area contributed by atoms with Gasteiger partial charge in [-0.1, -0.05) is 12.1 Å². The molecule has 4 saturated heterocycles. The van der Waals surface area contributed by atoms with Gasteiger partial charge in [0.15, 0.2) is 0 Å². The van der Waals surface area contributed by atoms with E-state index in [9.17, 15) is 19.2 Å². The van der Waals surface area contributed by atoms with Crippen LogP contribution in [-0.4, -0.2) is 69.6 Å². The highest BCUT2D eigenvalue weighted by atomic mass is 32.1. The Morgan fingerprint density at radius 3 is 1.37 bits per heavy atom. The van der Waals surface area contributed by atoms with Crippen LogP contribution in [-0.2, 0) is 19.2 Å². The number of fused-ring (bicyclic) bond motifs is 5. The van der Waals surface area contributed by atoms with E-state index in [4.69, 9.17) is 0 Å². The van der Waals surface area contributed by atoms with Gasteiger partial charge in [0.2, 0.25) is 23.6 Å². The quantitative estimate of drug-likeness (QED) is 0.648. The maximum Gasteiger partial charge on any atom is 0.248 e. The zero-order valence-electron chi connectivity index (χ0n) is 16.2. The van der Waals surface area contributed by atoms with Crippen LogP contribution in [0, 0.1) is 11.8 Å². The van der Waals surface area contributed by atoms with Crippen molar-refractivity contribution in [2.45, 2.75) is 24.2 Å². The summed E-state index contributed by atoms with van der Waals surface area (Å²) >= 11 is 3.00. The van der Waals surface area contributed by atoms with Crippen molar-refractivity contribution in [3.63, 3.8) is 0 Å². The third kappa shape index (κ3) is 2.02. The molecule has 6 heterocycles. The molecule has 2 aromatic rings. The molecule has 0 aliphatic carbocycles. The number of likely N-dealkylation sites (tertiary alicyclic amines) is 2. The first-order chi connectivity index (χ1) is 14.4. The van der Waals surface area contributed by atoms with Crippen LogP contribution in [0.2, 0.25) is 0 Å². The van der Waals surface area contributed by atoms with E-state index >= 15 is 0 Å². The van der Waals surface area contributed by atoms with Crippen molar-refractivity contribution in [1.82, 2.24) is 19.8 Å². The number of thiophene rings is 2. The number of likely N-dealkylation sites (N-methyl/N-ethyl adjacent to an activating group) is 2. The second-order valence-corrected chi connectivity index (χ2v) is 10.1. The SMILES string of the molecule is CN1C(=O)[C@H]2[C@@H](C1=O)N1[C@@H](c3cccs3)[C@H]3C(=O)N(C)C(=O)[C@@H]3N1[C@H]2c1cccs1. The lowest BCUT2D eigenvalue weighted by atomic mass is 9.88. The summed E-state index contributed by atoms with van der Waals surface area (Å²) in [5.74, 6) is -2.21. The third-order valence-electron chi connectivity index (χ3n) is 6.84. The number of amides is 4. The topological polar surface area (TPSA) is 81.2 Å². The molecular weight excluding hydrogens is 424 g/mol. The van der Waals surface area contributed by atoms with Crippen molar-refractivity contribution < 1.29 is 19.2 Å². The summed E-state index contributed by atoms with van der Waals surface area (Å²) in [6, 6.07) is 5.36. The number of nitrogens with zero attached hydrogens (tertiary/aromatic N) is 4. The van der Waals surface area contributed by atoms with Crippen LogP contribution in [0.3, 0.4) is 0 Å². The smallest absolute Gasteiger partial charge is 0.248 e. The first-order valence-electron chi connectivity index (χ1n) is 9.69. The van der Waals surface area contributed by atoms with E-state index < -0.39 is 36.0 Å². The van der Waals surface area contributed by atoms with Crippen LogP contribution >= 0.6 is 22.7 Å².